The third kappa shape index (κ3) is 2.61. The molecule has 0 amide bonds. The highest BCUT2D eigenvalue weighted by molar-refractivity contribution is 7.12. The molecule has 0 bridgehead atoms. The summed E-state index contributed by atoms with van der Waals surface area (Å²) in [6, 6.07) is 5.65. The average molecular weight is 334 g/mol. The molecular weight excluding hydrogens is 324 g/mol. The fourth-order valence-electron chi connectivity index (χ4n) is 2.22. The second-order valence-corrected chi connectivity index (χ2v) is 5.55. The van der Waals surface area contributed by atoms with Gasteiger partial charge in [0.15, 0.2) is 5.58 Å². The van der Waals surface area contributed by atoms with Gasteiger partial charge in [-0.1, -0.05) is 0 Å². The Morgan fingerprint density at radius 3 is 2.91 bits per heavy atom. The van der Waals surface area contributed by atoms with Crippen LogP contribution in [0.5, 0.6) is 0 Å². The zero-order chi connectivity index (χ0) is 16.6. The van der Waals surface area contributed by atoms with Gasteiger partial charge < -0.3 is 9.15 Å². The Bertz CT molecular complexity index is 967. The molecule has 0 aliphatic heterocycles. The number of non-ortho nitro benzene ring substituents is 1. The first kappa shape index (κ1) is 15.0. The molecule has 118 valence electrons. The molecule has 8 nitrogen and oxygen atoms in total. The number of carbonyl (C=O) groups excluding carboxylic acids is 1. The van der Waals surface area contributed by atoms with Gasteiger partial charge in [0, 0.05) is 6.07 Å². The number of nitrogens with zero attached hydrogens (tertiary/aromatic N) is 2. The van der Waals surface area contributed by atoms with Crippen molar-refractivity contribution in [1.82, 2.24) is 4.57 Å². The Labute approximate surface area is 132 Å². The summed E-state index contributed by atoms with van der Waals surface area (Å²) in [7, 11) is 1.28. The fraction of sp³-hybridized carbons (Fsp3) is 0.143. The van der Waals surface area contributed by atoms with Crippen LogP contribution in [-0.4, -0.2) is 22.6 Å². The van der Waals surface area contributed by atoms with Gasteiger partial charge in [0.2, 0.25) is 0 Å². The minimum absolute atomic E-state index is 0.109. The fourth-order valence-corrected chi connectivity index (χ4v) is 3.05. The van der Waals surface area contributed by atoms with Crippen molar-refractivity contribution in [2.75, 3.05) is 7.11 Å². The van der Waals surface area contributed by atoms with Crippen molar-refractivity contribution >= 4 is 34.1 Å². The van der Waals surface area contributed by atoms with Crippen LogP contribution in [0.15, 0.2) is 38.9 Å². The molecule has 0 saturated heterocycles. The van der Waals surface area contributed by atoms with Crippen molar-refractivity contribution < 1.29 is 18.9 Å². The van der Waals surface area contributed by atoms with Gasteiger partial charge in [-0.3, -0.25) is 14.7 Å². The molecule has 0 spiro atoms. The molecule has 0 aliphatic rings. The maximum Gasteiger partial charge on any atom is 0.420 e. The van der Waals surface area contributed by atoms with Crippen molar-refractivity contribution in [1.29, 1.82) is 0 Å². The molecule has 9 heteroatoms. The summed E-state index contributed by atoms with van der Waals surface area (Å²) < 4.78 is 11.1. The number of benzene rings is 1. The minimum Gasteiger partial charge on any atom is -0.465 e. The lowest BCUT2D eigenvalue weighted by molar-refractivity contribution is -0.384. The van der Waals surface area contributed by atoms with Gasteiger partial charge in [-0.25, -0.2) is 9.59 Å². The number of ether oxygens (including phenoxy) is 1. The highest BCUT2D eigenvalue weighted by Crippen LogP contribution is 2.23. The summed E-state index contributed by atoms with van der Waals surface area (Å²) in [4.78, 5) is 34.3. The Kier molecular flexibility index (Phi) is 3.70. The van der Waals surface area contributed by atoms with E-state index in [4.69, 9.17) is 9.15 Å². The zero-order valence-corrected chi connectivity index (χ0v) is 12.7. The number of carbonyl (C=O) groups is 1. The molecule has 0 unspecified atom stereocenters. The molecule has 0 N–H and O–H groups in total. The van der Waals surface area contributed by atoms with Crippen LogP contribution in [0.25, 0.3) is 11.1 Å². The Morgan fingerprint density at radius 2 is 2.22 bits per heavy atom. The van der Waals surface area contributed by atoms with Crippen LogP contribution in [-0.2, 0) is 11.3 Å². The predicted molar refractivity (Wildman–Crippen MR) is 81.9 cm³/mol. The quantitative estimate of drug-likeness (QED) is 0.412. The predicted octanol–water partition coefficient (Wildman–Crippen LogP) is 2.40. The Hall–Kier alpha value is -2.94. The second-order valence-electron chi connectivity index (χ2n) is 4.63. The van der Waals surface area contributed by atoms with Gasteiger partial charge in [-0.15, -0.1) is 11.3 Å². The lowest BCUT2D eigenvalue weighted by Gasteiger charge is -2.03. The van der Waals surface area contributed by atoms with Crippen LogP contribution in [0, 0.1) is 10.1 Å². The molecule has 0 fully saturated rings. The second kappa shape index (κ2) is 5.69. The summed E-state index contributed by atoms with van der Waals surface area (Å²) in [6.07, 6.45) is 0. The summed E-state index contributed by atoms with van der Waals surface area (Å²) in [6.45, 7) is 0.109. The summed E-state index contributed by atoms with van der Waals surface area (Å²) >= 11 is 1.21. The van der Waals surface area contributed by atoms with E-state index < -0.39 is 16.6 Å². The van der Waals surface area contributed by atoms with E-state index in [1.165, 1.54) is 41.2 Å². The van der Waals surface area contributed by atoms with Crippen LogP contribution >= 0.6 is 11.3 Å². The first-order valence-electron chi connectivity index (χ1n) is 6.43. The maximum absolute atomic E-state index is 12.0. The molecule has 1 aromatic carbocycles. The van der Waals surface area contributed by atoms with E-state index in [9.17, 15) is 19.7 Å². The number of hydrogen-bond acceptors (Lipinski definition) is 7. The largest absolute Gasteiger partial charge is 0.465 e. The van der Waals surface area contributed by atoms with E-state index >= 15 is 0 Å². The van der Waals surface area contributed by atoms with E-state index in [-0.39, 0.29) is 17.8 Å². The van der Waals surface area contributed by atoms with Gasteiger partial charge in [-0.05, 0) is 23.1 Å². The zero-order valence-electron chi connectivity index (χ0n) is 11.8. The summed E-state index contributed by atoms with van der Waals surface area (Å²) in [5.74, 6) is -1.13. The molecule has 23 heavy (non-hydrogen) atoms. The van der Waals surface area contributed by atoms with Gasteiger partial charge in [0.05, 0.1) is 30.2 Å². The summed E-state index contributed by atoms with van der Waals surface area (Å²) in [5, 5.41) is 12.5. The highest BCUT2D eigenvalue weighted by Gasteiger charge is 2.18. The number of esters is 1. The van der Waals surface area contributed by atoms with Gasteiger partial charge in [0.1, 0.15) is 4.88 Å². The van der Waals surface area contributed by atoms with Crippen molar-refractivity contribution in [2.45, 2.75) is 6.54 Å². The van der Waals surface area contributed by atoms with E-state index in [0.29, 0.717) is 16.0 Å². The third-order valence-electron chi connectivity index (χ3n) is 3.31. The number of methoxy groups -OCH3 is 1. The smallest absolute Gasteiger partial charge is 0.420 e. The van der Waals surface area contributed by atoms with Crippen molar-refractivity contribution in [3.05, 3.63) is 60.8 Å². The molecule has 0 saturated carbocycles. The van der Waals surface area contributed by atoms with Crippen molar-refractivity contribution in [2.24, 2.45) is 0 Å². The molecule has 2 aromatic heterocycles. The molecule has 0 atom stereocenters. The van der Waals surface area contributed by atoms with Gasteiger partial charge >= 0.3 is 11.7 Å². The van der Waals surface area contributed by atoms with Crippen LogP contribution in [0.1, 0.15) is 15.2 Å². The van der Waals surface area contributed by atoms with Crippen molar-refractivity contribution in [3.63, 3.8) is 0 Å². The van der Waals surface area contributed by atoms with Crippen LogP contribution in [0.3, 0.4) is 0 Å². The number of nitro benzene ring substituents is 1. The Balaban J connectivity index is 2.06. The number of aromatic nitrogens is 1. The Morgan fingerprint density at radius 1 is 1.43 bits per heavy atom. The number of nitro groups is 1. The average Bonchev–Trinajstić information content (AvgIpc) is 3.11. The molecule has 2 heterocycles. The van der Waals surface area contributed by atoms with Crippen LogP contribution in [0.4, 0.5) is 5.69 Å². The number of hydrogen-bond donors (Lipinski definition) is 0. The number of oxazole rings is 1. The van der Waals surface area contributed by atoms with E-state index in [1.54, 1.807) is 11.4 Å². The van der Waals surface area contributed by atoms with Crippen LogP contribution < -0.4 is 5.76 Å². The standard InChI is InChI=1S/C14H10N2O6S/c1-21-13(17)12-8(4-5-23-12)7-15-10-3-2-9(16(19)20)6-11(10)22-14(15)18/h2-6H,7H2,1H3. The monoisotopic (exact) mass is 334 g/mol. The lowest BCUT2D eigenvalue weighted by atomic mass is 10.2. The molecule has 0 aliphatic carbocycles. The summed E-state index contributed by atoms with van der Waals surface area (Å²) in [5.41, 5.74) is 0.996. The first-order valence-corrected chi connectivity index (χ1v) is 7.31. The molecule has 3 aromatic rings. The lowest BCUT2D eigenvalue weighted by Crippen LogP contribution is -2.16. The van der Waals surface area contributed by atoms with Crippen LogP contribution in [0.2, 0.25) is 0 Å². The van der Waals surface area contributed by atoms with Gasteiger partial charge in [-0.2, -0.15) is 0 Å². The van der Waals surface area contributed by atoms with E-state index in [0.717, 1.165) is 0 Å². The molecule has 3 rings (SSSR count). The van der Waals surface area contributed by atoms with E-state index in [1.807, 2.05) is 0 Å². The van der Waals surface area contributed by atoms with Crippen molar-refractivity contribution in [3.8, 4) is 0 Å². The number of thiophene rings is 1. The molecular formula is C14H10N2O6S. The number of fused-ring (bicyclic) bond motifs is 1. The third-order valence-corrected chi connectivity index (χ3v) is 4.25. The van der Waals surface area contributed by atoms with E-state index in [2.05, 4.69) is 0 Å². The van der Waals surface area contributed by atoms with Gasteiger partial charge in [0.25, 0.3) is 5.69 Å². The normalized spacial score (nSPS) is 10.8. The SMILES string of the molecule is COC(=O)c1sccc1Cn1c(=O)oc2cc([N+](=O)[O-])ccc21. The topological polar surface area (TPSA) is 105 Å². The maximum atomic E-state index is 12.0. The first-order chi connectivity index (χ1) is 11.0. The highest BCUT2D eigenvalue weighted by atomic mass is 32.1. The minimum atomic E-state index is -0.650. The number of rotatable bonds is 4. The molecule has 0 radical (unpaired) electrons.